The van der Waals surface area contributed by atoms with Crippen molar-refractivity contribution < 1.29 is 27.4 Å². The van der Waals surface area contributed by atoms with Crippen LogP contribution in [0.2, 0.25) is 0 Å². The van der Waals surface area contributed by atoms with Crippen molar-refractivity contribution in [2.75, 3.05) is 6.61 Å². The second kappa shape index (κ2) is 10.5. The molecule has 0 fully saturated rings. The number of rotatable bonds is 7. The number of ether oxygens (including phenoxy) is 2. The molecule has 0 radical (unpaired) electrons. The highest BCUT2D eigenvalue weighted by atomic mass is 79.9. The lowest BCUT2D eigenvalue weighted by atomic mass is 10.1. The van der Waals surface area contributed by atoms with Gasteiger partial charge in [0.25, 0.3) is 5.95 Å². The molecule has 4 rings (SSSR count). The van der Waals surface area contributed by atoms with Gasteiger partial charge >= 0.3 is 12.1 Å². The van der Waals surface area contributed by atoms with Crippen molar-refractivity contribution in [3.63, 3.8) is 0 Å². The second-order valence-electron chi connectivity index (χ2n) is 7.63. The summed E-state index contributed by atoms with van der Waals surface area (Å²) in [5, 5.41) is 3.74. The molecule has 0 aliphatic heterocycles. The van der Waals surface area contributed by atoms with Crippen LogP contribution >= 0.6 is 15.9 Å². The van der Waals surface area contributed by atoms with Crippen LogP contribution < -0.4 is 4.74 Å². The van der Waals surface area contributed by atoms with Gasteiger partial charge in [0.15, 0.2) is 5.69 Å². The van der Waals surface area contributed by atoms with Gasteiger partial charge in [0.05, 0.1) is 18.5 Å². The number of para-hydroxylation sites is 1. The predicted molar refractivity (Wildman–Crippen MR) is 129 cm³/mol. The van der Waals surface area contributed by atoms with Crippen LogP contribution in [-0.2, 0) is 17.5 Å². The Balaban J connectivity index is 1.70. The first-order chi connectivity index (χ1) is 17.2. The third-order valence-corrected chi connectivity index (χ3v) is 5.71. The number of aromatic nitrogens is 4. The minimum Gasteiger partial charge on any atom is -0.488 e. The fraction of sp³-hybridized carbons (Fsp3) is 0.200. The van der Waals surface area contributed by atoms with E-state index in [1.807, 2.05) is 25.1 Å². The molecular weight excluding hydrogens is 541 g/mol. The molecule has 0 spiro atoms. The molecule has 36 heavy (non-hydrogen) atoms. The van der Waals surface area contributed by atoms with Crippen molar-refractivity contribution >= 4 is 21.9 Å². The number of esters is 1. The molecule has 0 aliphatic carbocycles. The molecule has 0 aliphatic rings. The molecule has 2 aromatic carbocycles. The number of alkyl halides is 3. The number of carbonyl (C=O) groups is 1. The Kier molecular flexibility index (Phi) is 7.39. The van der Waals surface area contributed by atoms with E-state index < -0.39 is 23.4 Å². The summed E-state index contributed by atoms with van der Waals surface area (Å²) in [6.45, 7) is 3.68. The Labute approximate surface area is 213 Å². The van der Waals surface area contributed by atoms with E-state index >= 15 is 0 Å². The van der Waals surface area contributed by atoms with Crippen molar-refractivity contribution in [2.45, 2.75) is 26.6 Å². The van der Waals surface area contributed by atoms with Gasteiger partial charge in [-0.3, -0.25) is 0 Å². The fourth-order valence-corrected chi connectivity index (χ4v) is 3.99. The van der Waals surface area contributed by atoms with Gasteiger partial charge in [-0.15, -0.1) is 0 Å². The zero-order valence-electron chi connectivity index (χ0n) is 19.2. The van der Waals surface area contributed by atoms with Gasteiger partial charge in [0.2, 0.25) is 0 Å². The Morgan fingerprint density at radius 1 is 1.14 bits per heavy atom. The van der Waals surface area contributed by atoms with Crippen molar-refractivity contribution in [2.24, 2.45) is 0 Å². The largest absolute Gasteiger partial charge is 0.488 e. The Bertz CT molecular complexity index is 1410. The van der Waals surface area contributed by atoms with E-state index in [1.54, 1.807) is 30.3 Å². The van der Waals surface area contributed by atoms with Crippen molar-refractivity contribution in [3.8, 4) is 23.0 Å². The first kappa shape index (κ1) is 25.4. The second-order valence-corrected chi connectivity index (χ2v) is 8.55. The lowest BCUT2D eigenvalue weighted by Gasteiger charge is -2.14. The maximum Gasteiger partial charge on any atom is 0.434 e. The quantitative estimate of drug-likeness (QED) is 0.251. The summed E-state index contributed by atoms with van der Waals surface area (Å²) in [6, 6.07) is 14.4. The monoisotopic (exact) mass is 560 g/mol. The minimum absolute atomic E-state index is 0.0795. The van der Waals surface area contributed by atoms with Crippen LogP contribution in [0.25, 0.3) is 17.2 Å². The van der Waals surface area contributed by atoms with E-state index in [2.05, 4.69) is 31.0 Å². The van der Waals surface area contributed by atoms with Crippen molar-refractivity contribution in [1.29, 1.82) is 0 Å². The summed E-state index contributed by atoms with van der Waals surface area (Å²) in [4.78, 5) is 20.4. The minimum atomic E-state index is -4.90. The number of carbonyl (C=O) groups excluding carboxylic acids is 1. The molecule has 0 amide bonds. The van der Waals surface area contributed by atoms with Gasteiger partial charge in [-0.2, -0.15) is 23.0 Å². The highest BCUT2D eigenvalue weighted by Crippen LogP contribution is 2.34. The van der Waals surface area contributed by atoms with Crippen molar-refractivity contribution in [3.05, 3.63) is 87.8 Å². The van der Waals surface area contributed by atoms with Crippen LogP contribution in [0.3, 0.4) is 0 Å². The Morgan fingerprint density at radius 2 is 1.92 bits per heavy atom. The lowest BCUT2D eigenvalue weighted by molar-refractivity contribution is -0.143. The highest BCUT2D eigenvalue weighted by Gasteiger charge is 2.41. The zero-order chi connectivity index (χ0) is 25.9. The summed E-state index contributed by atoms with van der Waals surface area (Å²) < 4.78 is 53.9. The van der Waals surface area contributed by atoms with Gasteiger partial charge < -0.3 is 9.47 Å². The molecule has 0 atom stereocenters. The number of nitrogens with zero attached hydrogens (tertiary/aromatic N) is 4. The molecule has 2 aromatic heterocycles. The number of aryl methyl sites for hydroxylation is 1. The van der Waals surface area contributed by atoms with Gasteiger partial charge in [-0.25, -0.2) is 14.8 Å². The first-order valence-corrected chi connectivity index (χ1v) is 11.6. The van der Waals surface area contributed by atoms with Gasteiger partial charge in [0.1, 0.15) is 17.9 Å². The van der Waals surface area contributed by atoms with Crippen LogP contribution in [0.5, 0.6) is 5.75 Å². The van der Waals surface area contributed by atoms with E-state index in [4.69, 9.17) is 9.47 Å². The molecule has 186 valence electrons. The maximum atomic E-state index is 13.9. The topological polar surface area (TPSA) is 79.1 Å². The van der Waals surface area contributed by atoms with Gasteiger partial charge in [-0.1, -0.05) is 34.1 Å². The Hall–Kier alpha value is -3.73. The average Bonchev–Trinajstić information content (AvgIpc) is 3.30. The number of halogens is 4. The molecule has 11 heteroatoms. The molecule has 7 nitrogen and oxygen atoms in total. The van der Waals surface area contributed by atoms with Crippen LogP contribution in [0, 0.1) is 6.92 Å². The fourth-order valence-electron chi connectivity index (χ4n) is 3.51. The molecule has 0 bridgehead atoms. The third-order valence-electron chi connectivity index (χ3n) is 5.22. The van der Waals surface area contributed by atoms with E-state index in [-0.39, 0.29) is 19.2 Å². The normalized spacial score (nSPS) is 11.4. The average molecular weight is 561 g/mol. The summed E-state index contributed by atoms with van der Waals surface area (Å²) in [5.74, 6) is -0.990. The van der Waals surface area contributed by atoms with Crippen LogP contribution in [-0.4, -0.2) is 32.3 Å². The number of hydrogen-bond donors (Lipinski definition) is 0. The van der Waals surface area contributed by atoms with E-state index in [1.165, 1.54) is 13.1 Å². The third kappa shape index (κ3) is 5.40. The SMILES string of the molecule is CCOC(=O)c1cnn(-c2nccc(-c3ccccc3OCc3ccc(Br)cc3C)n2)c1C(F)(F)F. The van der Waals surface area contributed by atoms with Gasteiger partial charge in [-0.05, 0) is 55.3 Å². The van der Waals surface area contributed by atoms with E-state index in [0.29, 0.717) is 21.7 Å². The van der Waals surface area contributed by atoms with Crippen LogP contribution in [0.4, 0.5) is 13.2 Å². The molecule has 0 saturated heterocycles. The standard InChI is InChI=1S/C25H20BrF3N4O3/c1-3-35-23(34)19-13-31-33(22(19)25(27,28)29)24-30-11-10-20(32-24)18-6-4-5-7-21(18)36-14-16-8-9-17(26)12-15(16)2/h4-13H,3,14H2,1-2H3. The lowest BCUT2D eigenvalue weighted by Crippen LogP contribution is -2.19. The summed E-state index contributed by atoms with van der Waals surface area (Å²) in [7, 11) is 0. The number of hydrogen-bond acceptors (Lipinski definition) is 6. The first-order valence-electron chi connectivity index (χ1n) is 10.8. The van der Waals surface area contributed by atoms with Crippen molar-refractivity contribution in [1.82, 2.24) is 19.7 Å². The van der Waals surface area contributed by atoms with Crippen LogP contribution in [0.1, 0.15) is 34.1 Å². The maximum absolute atomic E-state index is 13.9. The van der Waals surface area contributed by atoms with Crippen LogP contribution in [0.15, 0.2) is 65.4 Å². The van der Waals surface area contributed by atoms with Gasteiger partial charge in [0, 0.05) is 16.2 Å². The molecule has 0 saturated carbocycles. The molecule has 0 unspecified atom stereocenters. The summed E-state index contributed by atoms with van der Waals surface area (Å²) >= 11 is 3.44. The summed E-state index contributed by atoms with van der Waals surface area (Å²) in [6.07, 6.45) is -2.78. The highest BCUT2D eigenvalue weighted by molar-refractivity contribution is 9.10. The molecule has 0 N–H and O–H groups in total. The molecule has 4 aromatic rings. The van der Waals surface area contributed by atoms with E-state index in [0.717, 1.165) is 21.8 Å². The molecular formula is C25H20BrF3N4O3. The molecule has 2 heterocycles. The zero-order valence-corrected chi connectivity index (χ0v) is 20.8. The smallest absolute Gasteiger partial charge is 0.434 e. The predicted octanol–water partition coefficient (Wildman–Crippen LogP) is 6.17. The van der Waals surface area contributed by atoms with E-state index in [9.17, 15) is 18.0 Å². The number of benzene rings is 2. The Morgan fingerprint density at radius 3 is 2.64 bits per heavy atom. The summed E-state index contributed by atoms with van der Waals surface area (Å²) in [5.41, 5.74) is 0.878.